The number of carbonyl (C=O) groups is 1. The Hall–Kier alpha value is -3.47. The van der Waals surface area contributed by atoms with Gasteiger partial charge in [-0.05, 0) is 47.7 Å². The number of hydrogen-bond donors (Lipinski definition) is 0. The van der Waals surface area contributed by atoms with Gasteiger partial charge in [0.05, 0.1) is 17.0 Å². The van der Waals surface area contributed by atoms with E-state index in [1.54, 1.807) is 11.8 Å². The molecule has 1 aliphatic rings. The zero-order valence-corrected chi connectivity index (χ0v) is 21.8. The lowest BCUT2D eigenvalue weighted by atomic mass is 9.99. The van der Waals surface area contributed by atoms with Gasteiger partial charge < -0.3 is 4.42 Å². The average Bonchev–Trinajstić information content (AvgIpc) is 3.51. The highest BCUT2D eigenvalue weighted by Crippen LogP contribution is 2.43. The number of hydrogen-bond acceptors (Lipinski definition) is 8. The molecule has 184 valence electrons. The highest BCUT2D eigenvalue weighted by molar-refractivity contribution is 8.00. The molecular formula is C27H18FN3O3S3. The first-order valence-electron chi connectivity index (χ1n) is 11.3. The number of carbonyl (C=O) groups excluding carboxylic acids is 1. The number of aromatic nitrogens is 2. The summed E-state index contributed by atoms with van der Waals surface area (Å²) in [5.41, 5.74) is 1.77. The lowest BCUT2D eigenvalue weighted by molar-refractivity contribution is 0.0970. The summed E-state index contributed by atoms with van der Waals surface area (Å²) >= 11 is 4.40. The summed E-state index contributed by atoms with van der Waals surface area (Å²) in [6.45, 7) is 0. The predicted molar refractivity (Wildman–Crippen MR) is 145 cm³/mol. The third-order valence-electron chi connectivity index (χ3n) is 6.07. The van der Waals surface area contributed by atoms with Gasteiger partial charge in [0.2, 0.25) is 10.9 Å². The van der Waals surface area contributed by atoms with Crippen LogP contribution in [0.15, 0.2) is 91.2 Å². The van der Waals surface area contributed by atoms with Crippen LogP contribution in [-0.2, 0) is 5.75 Å². The maximum atomic E-state index is 14.0. The Morgan fingerprint density at radius 1 is 1.03 bits per heavy atom. The molecule has 0 spiro atoms. The van der Waals surface area contributed by atoms with Crippen LogP contribution >= 0.6 is 34.9 Å². The van der Waals surface area contributed by atoms with Crippen molar-refractivity contribution in [2.75, 3.05) is 11.2 Å². The molecule has 10 heteroatoms. The molecule has 6 nitrogen and oxygen atoms in total. The van der Waals surface area contributed by atoms with E-state index in [0.29, 0.717) is 15.2 Å². The molecule has 0 radical (unpaired) electrons. The van der Waals surface area contributed by atoms with Crippen LogP contribution in [0.5, 0.6) is 0 Å². The fraction of sp³-hybridized carbons (Fsp3) is 0.111. The summed E-state index contributed by atoms with van der Waals surface area (Å²) in [5.74, 6) is -0.379. The standard InChI is InChI=1S/C27H18FN3O3S3/c1-35-18-10-7-16(8-11-18)22-21-23(32)19-13-17(28)9-12-20(19)34-24(21)25(33)31(22)26-29-30-27(37-26)36-14-15-5-3-2-4-6-15/h2-13,22H,14H2,1H3/t22-/m1/s1. The van der Waals surface area contributed by atoms with Crippen LogP contribution in [0.2, 0.25) is 0 Å². The van der Waals surface area contributed by atoms with Gasteiger partial charge in [0, 0.05) is 10.6 Å². The second-order valence-electron chi connectivity index (χ2n) is 8.29. The van der Waals surface area contributed by atoms with E-state index < -0.39 is 23.2 Å². The molecule has 0 N–H and O–H groups in total. The van der Waals surface area contributed by atoms with Gasteiger partial charge in [0.15, 0.2) is 9.77 Å². The lowest BCUT2D eigenvalue weighted by Gasteiger charge is -2.22. The summed E-state index contributed by atoms with van der Waals surface area (Å²) in [4.78, 5) is 29.8. The van der Waals surface area contributed by atoms with Gasteiger partial charge in [-0.2, -0.15) is 0 Å². The van der Waals surface area contributed by atoms with Crippen LogP contribution in [0.25, 0.3) is 11.0 Å². The zero-order chi connectivity index (χ0) is 25.5. The van der Waals surface area contributed by atoms with E-state index in [-0.39, 0.29) is 22.3 Å². The van der Waals surface area contributed by atoms with E-state index in [9.17, 15) is 14.0 Å². The molecule has 5 aromatic rings. The number of amides is 1. The van der Waals surface area contributed by atoms with Crippen molar-refractivity contribution in [1.82, 2.24) is 10.2 Å². The first kappa shape index (κ1) is 23.9. The molecule has 6 rings (SSSR count). The van der Waals surface area contributed by atoms with Gasteiger partial charge in [-0.25, -0.2) is 4.39 Å². The molecule has 2 aromatic heterocycles. The lowest BCUT2D eigenvalue weighted by Crippen LogP contribution is -2.29. The topological polar surface area (TPSA) is 76.3 Å². The Kier molecular flexibility index (Phi) is 6.31. The maximum absolute atomic E-state index is 14.0. The Balaban J connectivity index is 1.45. The number of benzene rings is 3. The number of nitrogens with zero attached hydrogens (tertiary/aromatic N) is 3. The number of thioether (sulfide) groups is 2. The van der Waals surface area contributed by atoms with Crippen LogP contribution in [0.4, 0.5) is 9.52 Å². The third kappa shape index (κ3) is 4.35. The third-order valence-corrected chi connectivity index (χ3v) is 8.94. The predicted octanol–water partition coefficient (Wildman–Crippen LogP) is 6.55. The van der Waals surface area contributed by atoms with E-state index in [2.05, 4.69) is 10.2 Å². The van der Waals surface area contributed by atoms with E-state index in [0.717, 1.165) is 22.1 Å². The van der Waals surface area contributed by atoms with Crippen LogP contribution in [0.3, 0.4) is 0 Å². The van der Waals surface area contributed by atoms with E-state index in [1.165, 1.54) is 40.1 Å². The molecule has 1 atom stereocenters. The van der Waals surface area contributed by atoms with Crippen molar-refractivity contribution in [2.24, 2.45) is 0 Å². The minimum Gasteiger partial charge on any atom is -0.450 e. The van der Waals surface area contributed by atoms with Crippen molar-refractivity contribution in [3.63, 3.8) is 0 Å². The van der Waals surface area contributed by atoms with Crippen molar-refractivity contribution in [3.8, 4) is 0 Å². The monoisotopic (exact) mass is 547 g/mol. The normalized spacial score (nSPS) is 14.9. The van der Waals surface area contributed by atoms with Crippen LogP contribution in [-0.4, -0.2) is 22.4 Å². The minimum atomic E-state index is -0.776. The van der Waals surface area contributed by atoms with Crippen molar-refractivity contribution in [1.29, 1.82) is 0 Å². The van der Waals surface area contributed by atoms with Gasteiger partial charge >= 0.3 is 0 Å². The highest BCUT2D eigenvalue weighted by atomic mass is 32.2. The summed E-state index contributed by atoms with van der Waals surface area (Å²) in [7, 11) is 0. The van der Waals surface area contributed by atoms with Gasteiger partial charge in [-0.3, -0.25) is 14.5 Å². The molecule has 1 amide bonds. The van der Waals surface area contributed by atoms with Crippen molar-refractivity contribution < 1.29 is 13.6 Å². The Morgan fingerprint density at radius 2 is 1.81 bits per heavy atom. The number of anilines is 1. The van der Waals surface area contributed by atoms with Crippen LogP contribution < -0.4 is 10.3 Å². The van der Waals surface area contributed by atoms with Gasteiger partial charge in [-0.1, -0.05) is 65.6 Å². The van der Waals surface area contributed by atoms with Crippen LogP contribution in [0.1, 0.15) is 33.3 Å². The maximum Gasteiger partial charge on any atom is 0.297 e. The summed E-state index contributed by atoms with van der Waals surface area (Å²) in [6, 6.07) is 20.6. The first-order valence-corrected chi connectivity index (χ1v) is 14.3. The van der Waals surface area contributed by atoms with Gasteiger partial charge in [0.25, 0.3) is 5.91 Å². The Bertz CT molecular complexity index is 1690. The zero-order valence-electron chi connectivity index (χ0n) is 19.4. The molecule has 3 aromatic carbocycles. The molecule has 0 bridgehead atoms. The number of fused-ring (bicyclic) bond motifs is 2. The quantitative estimate of drug-likeness (QED) is 0.176. The summed E-state index contributed by atoms with van der Waals surface area (Å²) in [5, 5.41) is 9.06. The van der Waals surface area contributed by atoms with E-state index in [1.807, 2.05) is 60.9 Å². The summed E-state index contributed by atoms with van der Waals surface area (Å²) in [6.07, 6.45) is 1.97. The fourth-order valence-electron chi connectivity index (χ4n) is 4.32. The van der Waals surface area contributed by atoms with Gasteiger partial charge in [0.1, 0.15) is 11.4 Å². The van der Waals surface area contributed by atoms with Crippen molar-refractivity contribution in [2.45, 2.75) is 21.0 Å². The molecule has 0 saturated heterocycles. The second-order valence-corrected chi connectivity index (χ2v) is 11.3. The SMILES string of the molecule is CSc1ccc([C@@H]2c3c(oc4ccc(F)cc4c3=O)C(=O)N2c2nnc(SCc3ccccc3)s2)cc1. The molecule has 0 saturated carbocycles. The minimum absolute atomic E-state index is 0.0586. The van der Waals surface area contributed by atoms with E-state index in [4.69, 9.17) is 4.42 Å². The number of rotatable bonds is 6. The Morgan fingerprint density at radius 3 is 2.57 bits per heavy atom. The average molecular weight is 548 g/mol. The molecule has 0 aliphatic carbocycles. The van der Waals surface area contributed by atoms with E-state index >= 15 is 0 Å². The molecule has 0 unspecified atom stereocenters. The molecule has 0 fully saturated rings. The second kappa shape index (κ2) is 9.77. The number of halogens is 1. The molecular weight excluding hydrogens is 530 g/mol. The van der Waals surface area contributed by atoms with Crippen LogP contribution in [0, 0.1) is 5.82 Å². The van der Waals surface area contributed by atoms with Crippen molar-refractivity contribution >= 4 is 56.9 Å². The summed E-state index contributed by atoms with van der Waals surface area (Å²) < 4.78 is 20.6. The first-order chi connectivity index (χ1) is 18.0. The fourth-order valence-corrected chi connectivity index (χ4v) is 6.55. The van der Waals surface area contributed by atoms with Crippen molar-refractivity contribution in [3.05, 3.63) is 111 Å². The molecule has 1 aliphatic heterocycles. The highest BCUT2D eigenvalue weighted by Gasteiger charge is 2.45. The molecule has 3 heterocycles. The van der Waals surface area contributed by atoms with Gasteiger partial charge in [-0.15, -0.1) is 22.0 Å². The smallest absolute Gasteiger partial charge is 0.297 e. The molecule has 37 heavy (non-hydrogen) atoms. The Labute approximate surface area is 223 Å². The largest absolute Gasteiger partial charge is 0.450 e.